The normalized spacial score (nSPS) is 18.0. The number of benzene rings is 2. The third-order valence-electron chi connectivity index (χ3n) is 5.69. The molecule has 0 spiro atoms. The number of nitrogens with zero attached hydrogens (tertiary/aromatic N) is 3. The van der Waals surface area contributed by atoms with Crippen LogP contribution in [0, 0.1) is 6.92 Å². The molecule has 1 aliphatic rings. The average molecular weight is 422 g/mol. The van der Waals surface area contributed by atoms with Gasteiger partial charge >= 0.3 is 0 Å². The number of rotatable bonds is 7. The minimum Gasteiger partial charge on any atom is -0.497 e. The number of nitrogens with one attached hydrogen (secondary N) is 2. The van der Waals surface area contributed by atoms with E-state index in [0.29, 0.717) is 18.3 Å². The molecule has 1 aliphatic heterocycles. The van der Waals surface area contributed by atoms with E-state index in [-0.39, 0.29) is 12.0 Å². The summed E-state index contributed by atoms with van der Waals surface area (Å²) >= 11 is 0. The van der Waals surface area contributed by atoms with E-state index in [0.717, 1.165) is 42.1 Å². The molecule has 2 aromatic carbocycles. The smallest absolute Gasteiger partial charge is 0.232 e. The number of quaternary nitrogens is 1. The van der Waals surface area contributed by atoms with Crippen molar-refractivity contribution >= 4 is 17.6 Å². The molecule has 1 fully saturated rings. The van der Waals surface area contributed by atoms with Gasteiger partial charge in [0.2, 0.25) is 11.9 Å². The Morgan fingerprint density at radius 3 is 2.61 bits per heavy atom. The van der Waals surface area contributed by atoms with Crippen LogP contribution in [-0.2, 0) is 6.54 Å². The molecular formula is C23H29N6O2+. The van der Waals surface area contributed by atoms with Gasteiger partial charge in [0.15, 0.2) is 5.82 Å². The van der Waals surface area contributed by atoms with Gasteiger partial charge in [-0.25, -0.2) is 0 Å². The van der Waals surface area contributed by atoms with Gasteiger partial charge in [-0.2, -0.15) is 15.0 Å². The van der Waals surface area contributed by atoms with Gasteiger partial charge in [0.1, 0.15) is 24.1 Å². The quantitative estimate of drug-likeness (QED) is 0.539. The molecular weight excluding hydrogens is 392 g/mol. The molecule has 31 heavy (non-hydrogen) atoms. The third-order valence-corrected chi connectivity index (χ3v) is 5.69. The van der Waals surface area contributed by atoms with E-state index in [1.165, 1.54) is 10.5 Å². The minimum atomic E-state index is 0.216. The van der Waals surface area contributed by atoms with Crippen molar-refractivity contribution < 1.29 is 14.4 Å². The highest BCUT2D eigenvalue weighted by Gasteiger charge is 2.33. The number of aromatic nitrogens is 3. The second kappa shape index (κ2) is 9.18. The predicted octanol–water partition coefficient (Wildman–Crippen LogP) is 2.44. The zero-order chi connectivity index (χ0) is 21.8. The lowest BCUT2D eigenvalue weighted by atomic mass is 10.0. The summed E-state index contributed by atoms with van der Waals surface area (Å²) in [5.41, 5.74) is 9.24. The number of likely N-dealkylation sites (tertiary alicyclic amines) is 1. The Bertz CT molecular complexity index is 1040. The first-order chi connectivity index (χ1) is 15.1. The van der Waals surface area contributed by atoms with Crippen LogP contribution in [0.3, 0.4) is 0 Å². The summed E-state index contributed by atoms with van der Waals surface area (Å²) in [7, 11) is 3.39. The lowest BCUT2D eigenvalue weighted by Gasteiger charge is -2.23. The molecule has 4 rings (SSSR count). The van der Waals surface area contributed by atoms with Crippen molar-refractivity contribution in [3.63, 3.8) is 0 Å². The summed E-state index contributed by atoms with van der Waals surface area (Å²) in [4.78, 5) is 14.7. The van der Waals surface area contributed by atoms with Crippen LogP contribution in [0.15, 0.2) is 42.5 Å². The predicted molar refractivity (Wildman–Crippen MR) is 120 cm³/mol. The molecule has 0 saturated carbocycles. The Balaban J connectivity index is 1.56. The summed E-state index contributed by atoms with van der Waals surface area (Å²) < 4.78 is 11.1. The highest BCUT2D eigenvalue weighted by atomic mass is 16.5. The van der Waals surface area contributed by atoms with E-state index < -0.39 is 0 Å². The average Bonchev–Trinajstić information content (AvgIpc) is 3.22. The molecule has 0 amide bonds. The Labute approximate surface area is 182 Å². The van der Waals surface area contributed by atoms with Crippen molar-refractivity contribution in [2.75, 3.05) is 31.8 Å². The Hall–Kier alpha value is -3.39. The fourth-order valence-corrected chi connectivity index (χ4v) is 4.15. The zero-order valence-electron chi connectivity index (χ0n) is 18.2. The van der Waals surface area contributed by atoms with E-state index in [2.05, 4.69) is 33.3 Å². The zero-order valence-corrected chi connectivity index (χ0v) is 18.2. The number of methoxy groups -OCH3 is 2. The number of hydrogen-bond donors (Lipinski definition) is 3. The van der Waals surface area contributed by atoms with Gasteiger partial charge < -0.3 is 25.4 Å². The van der Waals surface area contributed by atoms with E-state index >= 15 is 0 Å². The summed E-state index contributed by atoms with van der Waals surface area (Å²) in [6.07, 6.45) is 2.18. The van der Waals surface area contributed by atoms with Crippen molar-refractivity contribution in [3.05, 3.63) is 59.4 Å². The Kier molecular flexibility index (Phi) is 6.18. The molecule has 4 N–H and O–H groups in total. The first-order valence-corrected chi connectivity index (χ1v) is 10.5. The van der Waals surface area contributed by atoms with Gasteiger partial charge in [0.25, 0.3) is 0 Å². The van der Waals surface area contributed by atoms with E-state index in [1.54, 1.807) is 14.2 Å². The molecule has 2 heterocycles. The first-order valence-electron chi connectivity index (χ1n) is 10.5. The molecule has 0 aliphatic carbocycles. The van der Waals surface area contributed by atoms with Crippen LogP contribution >= 0.6 is 0 Å². The fraction of sp³-hybridized carbons (Fsp3) is 0.348. The highest BCUT2D eigenvalue weighted by Crippen LogP contribution is 2.31. The third kappa shape index (κ3) is 4.86. The van der Waals surface area contributed by atoms with E-state index in [4.69, 9.17) is 15.2 Å². The molecule has 1 saturated heterocycles. The van der Waals surface area contributed by atoms with Crippen molar-refractivity contribution in [1.29, 1.82) is 0 Å². The monoisotopic (exact) mass is 421 g/mol. The summed E-state index contributed by atoms with van der Waals surface area (Å²) in [6.45, 7) is 3.73. The molecule has 2 atom stereocenters. The maximum absolute atomic E-state index is 5.99. The molecule has 3 aromatic rings. The number of nitrogen functional groups attached to an aromatic ring is 1. The van der Waals surface area contributed by atoms with E-state index in [9.17, 15) is 0 Å². The number of nitrogens with two attached hydrogens (primary N) is 1. The van der Waals surface area contributed by atoms with Gasteiger partial charge in [0.05, 0.1) is 26.3 Å². The van der Waals surface area contributed by atoms with Gasteiger partial charge in [-0.15, -0.1) is 0 Å². The molecule has 0 bridgehead atoms. The van der Waals surface area contributed by atoms with Crippen molar-refractivity contribution in [2.24, 2.45) is 0 Å². The largest absolute Gasteiger partial charge is 0.497 e. The van der Waals surface area contributed by atoms with E-state index in [1.807, 2.05) is 36.4 Å². The van der Waals surface area contributed by atoms with Crippen molar-refractivity contribution in [3.8, 4) is 11.5 Å². The van der Waals surface area contributed by atoms with Crippen LogP contribution in [0.2, 0.25) is 0 Å². The molecule has 8 nitrogen and oxygen atoms in total. The number of ether oxygens (including phenoxy) is 2. The van der Waals surface area contributed by atoms with Crippen LogP contribution in [0.1, 0.15) is 35.8 Å². The summed E-state index contributed by atoms with van der Waals surface area (Å²) in [5, 5.41) is 3.23. The molecule has 1 aromatic heterocycles. The van der Waals surface area contributed by atoms with Crippen LogP contribution in [0.25, 0.3) is 0 Å². The minimum absolute atomic E-state index is 0.216. The number of hydrogen-bond acceptors (Lipinski definition) is 7. The SMILES string of the molecule is COc1ccc(OC)c([C@H]2CCC[NH+]2Cc2nc(N)nc(Nc3ccc(C)cc3)n2)c1. The van der Waals surface area contributed by atoms with Crippen LogP contribution < -0.4 is 25.4 Å². The van der Waals surface area contributed by atoms with Crippen LogP contribution in [0.4, 0.5) is 17.6 Å². The second-order valence-corrected chi connectivity index (χ2v) is 7.81. The van der Waals surface area contributed by atoms with Gasteiger partial charge in [-0.05, 0) is 37.3 Å². The van der Waals surface area contributed by atoms with Crippen LogP contribution in [-0.4, -0.2) is 35.7 Å². The maximum Gasteiger partial charge on any atom is 0.232 e. The van der Waals surface area contributed by atoms with Crippen LogP contribution in [0.5, 0.6) is 11.5 Å². The summed E-state index contributed by atoms with van der Waals surface area (Å²) in [5.74, 6) is 3.05. The maximum atomic E-state index is 5.99. The van der Waals surface area contributed by atoms with Crippen molar-refractivity contribution in [1.82, 2.24) is 15.0 Å². The summed E-state index contributed by atoms with van der Waals surface area (Å²) in [6, 6.07) is 14.3. The molecule has 1 unspecified atom stereocenters. The standard InChI is InChI=1S/C23H28N6O2/c1-15-6-8-16(9-7-15)25-23-27-21(26-22(24)28-23)14-29-12-4-5-19(29)18-13-17(30-2)10-11-20(18)31-3/h6-11,13,19H,4-5,12,14H2,1-3H3,(H3,24,25,26,27,28)/p+1/t19-/m1/s1. The fourth-order valence-electron chi connectivity index (χ4n) is 4.15. The first kappa shape index (κ1) is 20.9. The topological polar surface area (TPSA) is 99.6 Å². The van der Waals surface area contributed by atoms with Gasteiger partial charge in [-0.3, -0.25) is 0 Å². The second-order valence-electron chi connectivity index (χ2n) is 7.81. The van der Waals surface area contributed by atoms with Gasteiger partial charge in [0, 0.05) is 18.5 Å². The molecule has 8 heteroatoms. The van der Waals surface area contributed by atoms with Gasteiger partial charge in [-0.1, -0.05) is 17.7 Å². The van der Waals surface area contributed by atoms with Crippen molar-refractivity contribution in [2.45, 2.75) is 32.4 Å². The lowest BCUT2D eigenvalue weighted by Crippen LogP contribution is -3.09. The number of aryl methyl sites for hydroxylation is 1. The Morgan fingerprint density at radius 1 is 1.06 bits per heavy atom. The highest BCUT2D eigenvalue weighted by molar-refractivity contribution is 5.54. The number of anilines is 3. The lowest BCUT2D eigenvalue weighted by molar-refractivity contribution is -0.932. The molecule has 162 valence electrons. The molecule has 0 radical (unpaired) electrons. The Morgan fingerprint density at radius 2 is 1.87 bits per heavy atom.